The molecule has 0 aromatic carbocycles. The summed E-state index contributed by atoms with van der Waals surface area (Å²) in [7, 11) is 0. The Kier molecular flexibility index (Phi) is 7.34. The molecule has 1 N–H and O–H groups in total. The van der Waals surface area contributed by atoms with Gasteiger partial charge in [0.15, 0.2) is 0 Å². The molecule has 0 rings (SSSR count). The van der Waals surface area contributed by atoms with Crippen molar-refractivity contribution in [1.29, 1.82) is 0 Å². The molecule has 0 atom stereocenters. The molecular weight excluding hydrogens is 206 g/mol. The highest BCUT2D eigenvalue weighted by atomic mass is 16.6. The van der Waals surface area contributed by atoms with E-state index in [1.165, 1.54) is 0 Å². The van der Waals surface area contributed by atoms with Crippen molar-refractivity contribution < 1.29 is 14.3 Å². The van der Waals surface area contributed by atoms with Crippen LogP contribution >= 0.6 is 0 Å². The number of carbonyl (C=O) groups is 1. The van der Waals surface area contributed by atoms with Crippen LogP contribution in [0, 0.1) is 5.92 Å². The molecule has 96 valence electrons. The zero-order chi connectivity index (χ0) is 12.6. The van der Waals surface area contributed by atoms with E-state index >= 15 is 0 Å². The molecule has 0 bridgehead atoms. The van der Waals surface area contributed by atoms with Crippen molar-refractivity contribution in [3.8, 4) is 0 Å². The molecule has 0 saturated heterocycles. The molecule has 0 fully saturated rings. The second-order valence-electron chi connectivity index (χ2n) is 4.76. The van der Waals surface area contributed by atoms with Crippen molar-refractivity contribution in [2.45, 2.75) is 40.2 Å². The average Bonchev–Trinajstić information content (AvgIpc) is 2.16. The summed E-state index contributed by atoms with van der Waals surface area (Å²) < 4.78 is 10.4. The Balaban J connectivity index is 3.65. The van der Waals surface area contributed by atoms with E-state index in [2.05, 4.69) is 19.2 Å². The maximum atomic E-state index is 11.6. The van der Waals surface area contributed by atoms with Crippen LogP contribution in [0.4, 0.5) is 0 Å². The molecule has 4 heteroatoms. The lowest BCUT2D eigenvalue weighted by Crippen LogP contribution is -2.47. The van der Waals surface area contributed by atoms with E-state index in [9.17, 15) is 4.79 Å². The molecule has 16 heavy (non-hydrogen) atoms. The van der Waals surface area contributed by atoms with Gasteiger partial charge < -0.3 is 14.8 Å². The normalized spacial score (nSPS) is 11.9. The fourth-order valence-corrected chi connectivity index (χ4v) is 1.21. The maximum absolute atomic E-state index is 11.6. The third kappa shape index (κ3) is 6.80. The fraction of sp³-hybridized carbons (Fsp3) is 0.917. The minimum atomic E-state index is -0.618. The summed E-state index contributed by atoms with van der Waals surface area (Å²) >= 11 is 0. The van der Waals surface area contributed by atoms with Crippen molar-refractivity contribution in [2.75, 3.05) is 26.4 Å². The Morgan fingerprint density at radius 2 is 1.94 bits per heavy atom. The van der Waals surface area contributed by atoms with Crippen LogP contribution in [0.15, 0.2) is 0 Å². The van der Waals surface area contributed by atoms with Crippen LogP contribution in [-0.4, -0.2) is 37.9 Å². The smallest absolute Gasteiger partial charge is 0.325 e. The fourth-order valence-electron chi connectivity index (χ4n) is 1.21. The van der Waals surface area contributed by atoms with E-state index in [0.717, 1.165) is 6.54 Å². The van der Waals surface area contributed by atoms with Gasteiger partial charge >= 0.3 is 5.97 Å². The van der Waals surface area contributed by atoms with Gasteiger partial charge in [0.05, 0.1) is 6.61 Å². The predicted octanol–water partition coefficient (Wildman–Crippen LogP) is 1.59. The highest BCUT2D eigenvalue weighted by Crippen LogP contribution is 2.04. The second kappa shape index (κ2) is 7.63. The van der Waals surface area contributed by atoms with E-state index in [1.54, 1.807) is 0 Å². The van der Waals surface area contributed by atoms with E-state index in [0.29, 0.717) is 25.7 Å². The molecule has 0 amide bonds. The molecule has 0 aliphatic heterocycles. The number of nitrogens with one attached hydrogen (secondary N) is 1. The first-order valence-corrected chi connectivity index (χ1v) is 5.90. The summed E-state index contributed by atoms with van der Waals surface area (Å²) in [6.07, 6.45) is 0. The molecule has 0 heterocycles. The van der Waals surface area contributed by atoms with Crippen molar-refractivity contribution in [2.24, 2.45) is 5.92 Å². The van der Waals surface area contributed by atoms with Gasteiger partial charge in [0.25, 0.3) is 0 Å². The van der Waals surface area contributed by atoms with Crippen LogP contribution in [0.25, 0.3) is 0 Å². The molecule has 0 saturated carbocycles. The van der Waals surface area contributed by atoms with E-state index < -0.39 is 5.54 Å². The Morgan fingerprint density at radius 3 is 2.44 bits per heavy atom. The van der Waals surface area contributed by atoms with Crippen molar-refractivity contribution in [1.82, 2.24) is 5.32 Å². The number of ether oxygens (including phenoxy) is 2. The minimum Gasteiger partial charge on any atom is -0.462 e. The van der Waals surface area contributed by atoms with Gasteiger partial charge in [-0.15, -0.1) is 0 Å². The molecule has 0 aromatic heterocycles. The topological polar surface area (TPSA) is 47.6 Å². The van der Waals surface area contributed by atoms with Gasteiger partial charge in [0.2, 0.25) is 0 Å². The van der Waals surface area contributed by atoms with Crippen LogP contribution in [0.3, 0.4) is 0 Å². The van der Waals surface area contributed by atoms with Gasteiger partial charge in [0.1, 0.15) is 12.1 Å². The van der Waals surface area contributed by atoms with E-state index in [1.807, 2.05) is 20.8 Å². The van der Waals surface area contributed by atoms with Crippen molar-refractivity contribution >= 4 is 5.97 Å². The lowest BCUT2D eigenvalue weighted by atomic mass is 10.1. The molecule has 4 nitrogen and oxygen atoms in total. The molecule has 0 aromatic rings. The van der Waals surface area contributed by atoms with E-state index in [4.69, 9.17) is 9.47 Å². The Morgan fingerprint density at radius 1 is 1.31 bits per heavy atom. The first-order valence-electron chi connectivity index (χ1n) is 5.90. The third-order valence-electron chi connectivity index (χ3n) is 2.04. The number of rotatable bonds is 8. The maximum Gasteiger partial charge on any atom is 0.325 e. The van der Waals surface area contributed by atoms with Gasteiger partial charge in [-0.25, -0.2) is 0 Å². The monoisotopic (exact) mass is 231 g/mol. The second-order valence-corrected chi connectivity index (χ2v) is 4.76. The number of hydrogen-bond acceptors (Lipinski definition) is 4. The molecule has 0 aliphatic rings. The summed E-state index contributed by atoms with van der Waals surface area (Å²) in [5.74, 6) is 0.274. The quantitative estimate of drug-likeness (QED) is 0.509. The molecular formula is C12H25NO3. The number of likely N-dealkylation sites (N-methyl/N-ethyl adjacent to an activating group) is 1. The Labute approximate surface area is 98.7 Å². The highest BCUT2D eigenvalue weighted by Gasteiger charge is 2.27. The van der Waals surface area contributed by atoms with E-state index in [-0.39, 0.29) is 5.97 Å². The van der Waals surface area contributed by atoms with Gasteiger partial charge in [-0.2, -0.15) is 0 Å². The lowest BCUT2D eigenvalue weighted by molar-refractivity contribution is -0.151. The van der Waals surface area contributed by atoms with Crippen LogP contribution in [0.2, 0.25) is 0 Å². The number of esters is 1. The van der Waals surface area contributed by atoms with Gasteiger partial charge in [0, 0.05) is 6.61 Å². The first-order chi connectivity index (χ1) is 7.40. The van der Waals surface area contributed by atoms with Crippen molar-refractivity contribution in [3.05, 3.63) is 0 Å². The Hall–Kier alpha value is -0.610. The standard InChI is InChI=1S/C12H25NO3/c1-6-13-12(4,5)11(14)16-8-7-15-9-10(2)3/h10,13H,6-9H2,1-5H3. The van der Waals surface area contributed by atoms with Crippen LogP contribution in [-0.2, 0) is 14.3 Å². The molecule has 0 aliphatic carbocycles. The SMILES string of the molecule is CCNC(C)(C)C(=O)OCCOCC(C)C. The third-order valence-corrected chi connectivity index (χ3v) is 2.04. The molecule has 0 unspecified atom stereocenters. The Bertz CT molecular complexity index is 202. The lowest BCUT2D eigenvalue weighted by Gasteiger charge is -2.23. The van der Waals surface area contributed by atoms with Crippen LogP contribution in [0.5, 0.6) is 0 Å². The highest BCUT2D eigenvalue weighted by molar-refractivity contribution is 5.79. The predicted molar refractivity (Wildman–Crippen MR) is 64.4 cm³/mol. The summed E-state index contributed by atoms with van der Waals surface area (Å²) in [5.41, 5.74) is -0.618. The number of carbonyl (C=O) groups excluding carboxylic acids is 1. The molecule has 0 radical (unpaired) electrons. The van der Waals surface area contributed by atoms with Crippen LogP contribution in [0.1, 0.15) is 34.6 Å². The minimum absolute atomic E-state index is 0.234. The van der Waals surface area contributed by atoms with Gasteiger partial charge in [-0.3, -0.25) is 4.79 Å². The summed E-state index contributed by atoms with van der Waals surface area (Å²) in [4.78, 5) is 11.6. The summed E-state index contributed by atoms with van der Waals surface area (Å²) in [6, 6.07) is 0. The van der Waals surface area contributed by atoms with Crippen LogP contribution < -0.4 is 5.32 Å². The average molecular weight is 231 g/mol. The first kappa shape index (κ1) is 15.4. The van der Waals surface area contributed by atoms with Gasteiger partial charge in [-0.1, -0.05) is 20.8 Å². The molecule has 0 spiro atoms. The van der Waals surface area contributed by atoms with Crippen molar-refractivity contribution in [3.63, 3.8) is 0 Å². The largest absolute Gasteiger partial charge is 0.462 e. The summed E-state index contributed by atoms with van der Waals surface area (Å²) in [6.45, 7) is 12.0. The van der Waals surface area contributed by atoms with Gasteiger partial charge in [-0.05, 0) is 26.3 Å². The number of hydrogen-bond donors (Lipinski definition) is 1. The zero-order valence-electron chi connectivity index (χ0n) is 11.1. The summed E-state index contributed by atoms with van der Waals surface area (Å²) in [5, 5.41) is 3.07. The zero-order valence-corrected chi connectivity index (χ0v) is 11.1.